The van der Waals surface area contributed by atoms with Crippen molar-refractivity contribution in [1.29, 1.82) is 0 Å². The lowest BCUT2D eigenvalue weighted by Gasteiger charge is -2.38. The number of aromatic nitrogens is 1. The minimum absolute atomic E-state index is 0.00896. The van der Waals surface area contributed by atoms with Gasteiger partial charge >= 0.3 is 0 Å². The van der Waals surface area contributed by atoms with Crippen LogP contribution in [-0.4, -0.2) is 48.0 Å². The molecule has 4 rings (SSSR count). The van der Waals surface area contributed by atoms with Crippen LogP contribution < -0.4 is 21.3 Å². The van der Waals surface area contributed by atoms with Gasteiger partial charge in [0.15, 0.2) is 0 Å². The fourth-order valence-corrected chi connectivity index (χ4v) is 4.38. The highest BCUT2D eigenvalue weighted by Gasteiger charge is 2.19. The van der Waals surface area contributed by atoms with Crippen LogP contribution in [0.15, 0.2) is 54.7 Å². The van der Waals surface area contributed by atoms with Gasteiger partial charge in [-0.3, -0.25) is 9.69 Å². The van der Waals surface area contributed by atoms with Gasteiger partial charge in [-0.25, -0.2) is 13.8 Å². The Labute approximate surface area is 210 Å². The second-order valence-corrected chi connectivity index (χ2v) is 9.29. The molecule has 36 heavy (non-hydrogen) atoms. The number of nitrogens with zero attached hydrogens (tertiary/aromatic N) is 3. The van der Waals surface area contributed by atoms with E-state index in [0.717, 1.165) is 43.6 Å². The first-order valence-corrected chi connectivity index (χ1v) is 12.1. The van der Waals surface area contributed by atoms with Gasteiger partial charge in [-0.05, 0) is 49.7 Å². The fraction of sp³-hybridized carbons (Fsp3) is 0.333. The number of piperazine rings is 1. The minimum atomic E-state index is -0.647. The molecule has 0 radical (unpaired) electrons. The molecule has 1 fully saturated rings. The second-order valence-electron chi connectivity index (χ2n) is 9.29. The maximum Gasteiger partial charge on any atom is 0.221 e. The average molecular weight is 495 g/mol. The summed E-state index contributed by atoms with van der Waals surface area (Å²) in [4.78, 5) is 20.8. The largest absolute Gasteiger partial charge is 0.381 e. The van der Waals surface area contributed by atoms with Crippen molar-refractivity contribution in [2.45, 2.75) is 32.9 Å². The van der Waals surface area contributed by atoms with Gasteiger partial charge in [0, 0.05) is 79.7 Å². The van der Waals surface area contributed by atoms with Crippen LogP contribution in [0.25, 0.3) is 0 Å². The molecule has 4 N–H and O–H groups in total. The summed E-state index contributed by atoms with van der Waals surface area (Å²) in [6, 6.07) is 13.8. The Kier molecular flexibility index (Phi) is 8.00. The van der Waals surface area contributed by atoms with E-state index in [0.29, 0.717) is 28.7 Å². The number of amides is 1. The molecule has 1 amide bonds. The zero-order valence-electron chi connectivity index (χ0n) is 20.6. The van der Waals surface area contributed by atoms with Gasteiger partial charge in [0.05, 0.1) is 6.42 Å². The number of benzene rings is 2. The van der Waals surface area contributed by atoms with E-state index in [9.17, 15) is 13.6 Å². The Hall–Kier alpha value is -3.72. The van der Waals surface area contributed by atoms with E-state index in [2.05, 4.69) is 51.4 Å². The SMILES string of the molecule is CC(C)N1CCN(c2cccc(Nc3cc(NCc4cc(F)cc(F)c4)c(CC(N)=O)cn3)c2)CC1. The molecule has 0 unspecified atom stereocenters. The minimum Gasteiger partial charge on any atom is -0.381 e. The molecule has 1 aromatic heterocycles. The highest BCUT2D eigenvalue weighted by Crippen LogP contribution is 2.26. The van der Waals surface area contributed by atoms with E-state index in [-0.39, 0.29) is 13.0 Å². The van der Waals surface area contributed by atoms with Crippen LogP contribution in [0.1, 0.15) is 25.0 Å². The number of anilines is 4. The van der Waals surface area contributed by atoms with Gasteiger partial charge in [-0.2, -0.15) is 0 Å². The van der Waals surface area contributed by atoms with Gasteiger partial charge in [-0.1, -0.05) is 6.07 Å². The lowest BCUT2D eigenvalue weighted by Crippen LogP contribution is -2.48. The van der Waals surface area contributed by atoms with Crippen molar-refractivity contribution in [1.82, 2.24) is 9.88 Å². The van der Waals surface area contributed by atoms with E-state index >= 15 is 0 Å². The number of carbonyl (C=O) groups excluding carboxylic acids is 1. The summed E-state index contributed by atoms with van der Waals surface area (Å²) in [6.07, 6.45) is 1.57. The van der Waals surface area contributed by atoms with Gasteiger partial charge < -0.3 is 21.3 Å². The van der Waals surface area contributed by atoms with Crippen LogP contribution >= 0.6 is 0 Å². The van der Waals surface area contributed by atoms with Crippen molar-refractivity contribution >= 4 is 28.8 Å². The van der Waals surface area contributed by atoms with Gasteiger partial charge in [0.25, 0.3) is 0 Å². The summed E-state index contributed by atoms with van der Waals surface area (Å²) < 4.78 is 27.2. The Balaban J connectivity index is 1.49. The van der Waals surface area contributed by atoms with E-state index in [4.69, 9.17) is 5.73 Å². The summed E-state index contributed by atoms with van der Waals surface area (Å²) in [7, 11) is 0. The Morgan fingerprint density at radius 1 is 1.06 bits per heavy atom. The topological polar surface area (TPSA) is 86.5 Å². The number of hydrogen-bond donors (Lipinski definition) is 3. The number of nitrogens with two attached hydrogens (primary N) is 1. The van der Waals surface area contributed by atoms with Gasteiger partial charge in [-0.15, -0.1) is 0 Å². The first kappa shape index (κ1) is 25.4. The van der Waals surface area contributed by atoms with E-state index in [1.165, 1.54) is 12.1 Å². The highest BCUT2D eigenvalue weighted by atomic mass is 19.1. The maximum atomic E-state index is 13.6. The maximum absolute atomic E-state index is 13.6. The standard InChI is InChI=1S/C27H32F2N6O/c1-18(2)34-6-8-35(9-7-34)24-5-3-4-23(14-24)33-27-15-25(20(17-32-27)12-26(30)36)31-16-19-10-21(28)13-22(29)11-19/h3-5,10-11,13-15,17-18H,6-9,12,16H2,1-2H3,(H2,30,36)(H2,31,32,33). The summed E-state index contributed by atoms with van der Waals surface area (Å²) >= 11 is 0. The number of halogens is 2. The van der Waals surface area contributed by atoms with Crippen molar-refractivity contribution in [2.75, 3.05) is 41.7 Å². The molecule has 1 aliphatic heterocycles. The molecule has 3 aromatic rings. The van der Waals surface area contributed by atoms with E-state index in [1.54, 1.807) is 12.3 Å². The van der Waals surface area contributed by atoms with Gasteiger partial charge in [0.2, 0.25) is 5.91 Å². The zero-order chi connectivity index (χ0) is 25.7. The summed E-state index contributed by atoms with van der Waals surface area (Å²) in [5.41, 5.74) is 9.06. The molecule has 1 saturated heterocycles. The van der Waals surface area contributed by atoms with Crippen molar-refractivity contribution < 1.29 is 13.6 Å². The molecule has 0 spiro atoms. The third-order valence-electron chi connectivity index (χ3n) is 6.28. The molecule has 1 aliphatic rings. The smallest absolute Gasteiger partial charge is 0.221 e. The lowest BCUT2D eigenvalue weighted by molar-refractivity contribution is -0.117. The van der Waals surface area contributed by atoms with E-state index in [1.807, 2.05) is 12.1 Å². The molecule has 0 aliphatic carbocycles. The lowest BCUT2D eigenvalue weighted by atomic mass is 10.1. The first-order chi connectivity index (χ1) is 17.3. The molecule has 0 saturated carbocycles. The fourth-order valence-electron chi connectivity index (χ4n) is 4.38. The van der Waals surface area contributed by atoms with Crippen molar-refractivity contribution in [3.8, 4) is 0 Å². The quantitative estimate of drug-likeness (QED) is 0.412. The normalized spacial score (nSPS) is 14.2. The Bertz CT molecular complexity index is 1190. The number of rotatable bonds is 9. The Morgan fingerprint density at radius 3 is 2.44 bits per heavy atom. The number of hydrogen-bond acceptors (Lipinski definition) is 6. The van der Waals surface area contributed by atoms with Crippen LogP contribution in [0.5, 0.6) is 0 Å². The third-order valence-corrected chi connectivity index (χ3v) is 6.28. The number of primary amides is 1. The zero-order valence-corrected chi connectivity index (χ0v) is 20.6. The summed E-state index contributed by atoms with van der Waals surface area (Å²) in [5.74, 6) is -1.22. The molecule has 190 valence electrons. The molecule has 2 aromatic carbocycles. The van der Waals surface area contributed by atoms with Crippen molar-refractivity contribution in [3.05, 3.63) is 77.5 Å². The monoisotopic (exact) mass is 494 g/mol. The second kappa shape index (κ2) is 11.3. The number of pyridine rings is 1. The van der Waals surface area contributed by atoms with Crippen LogP contribution in [-0.2, 0) is 17.8 Å². The van der Waals surface area contributed by atoms with Crippen LogP contribution in [0.4, 0.5) is 31.7 Å². The predicted molar refractivity (Wildman–Crippen MR) is 139 cm³/mol. The molecular formula is C27H32F2N6O. The van der Waals surface area contributed by atoms with Gasteiger partial charge in [0.1, 0.15) is 17.5 Å². The van der Waals surface area contributed by atoms with E-state index < -0.39 is 17.5 Å². The molecule has 0 bridgehead atoms. The molecule has 2 heterocycles. The Morgan fingerprint density at radius 2 is 1.78 bits per heavy atom. The summed E-state index contributed by atoms with van der Waals surface area (Å²) in [5, 5.41) is 6.48. The third kappa shape index (κ3) is 6.69. The molecule has 9 heteroatoms. The average Bonchev–Trinajstić information content (AvgIpc) is 2.83. The summed E-state index contributed by atoms with van der Waals surface area (Å²) in [6.45, 7) is 8.61. The predicted octanol–water partition coefficient (Wildman–Crippen LogP) is 4.27. The highest BCUT2D eigenvalue weighted by molar-refractivity contribution is 5.79. The van der Waals surface area contributed by atoms with Crippen molar-refractivity contribution in [3.63, 3.8) is 0 Å². The number of nitrogens with one attached hydrogen (secondary N) is 2. The van der Waals surface area contributed by atoms with Crippen molar-refractivity contribution in [2.24, 2.45) is 5.73 Å². The molecular weight excluding hydrogens is 462 g/mol. The van der Waals surface area contributed by atoms with Crippen LogP contribution in [0.2, 0.25) is 0 Å². The van der Waals surface area contributed by atoms with Crippen LogP contribution in [0.3, 0.4) is 0 Å². The van der Waals surface area contributed by atoms with Crippen LogP contribution in [0, 0.1) is 11.6 Å². The molecule has 7 nitrogen and oxygen atoms in total. The first-order valence-electron chi connectivity index (χ1n) is 12.1. The molecule has 0 atom stereocenters. The number of carbonyl (C=O) groups is 1.